The summed E-state index contributed by atoms with van der Waals surface area (Å²) in [6, 6.07) is 7.63. The molecular weight excluding hydrogens is 354 g/mol. The molecule has 0 aliphatic carbocycles. The number of carbonyl (C=O) groups excluding carboxylic acids is 1. The smallest absolute Gasteiger partial charge is 0.230 e. The number of hydrogen-bond acceptors (Lipinski definition) is 5. The molecule has 1 aliphatic rings. The second-order valence-electron chi connectivity index (χ2n) is 7.53. The monoisotopic (exact) mass is 385 g/mol. The van der Waals surface area contributed by atoms with Gasteiger partial charge in [0.25, 0.3) is 0 Å². The van der Waals surface area contributed by atoms with Crippen LogP contribution in [0.25, 0.3) is 11.4 Å². The second kappa shape index (κ2) is 9.71. The number of rotatable bonds is 8. The molecule has 0 saturated carbocycles. The molecule has 2 aromatic rings. The number of amides is 1. The second-order valence-corrected chi connectivity index (χ2v) is 7.53. The third kappa shape index (κ3) is 4.72. The van der Waals surface area contributed by atoms with E-state index in [1.807, 2.05) is 29.2 Å². The van der Waals surface area contributed by atoms with E-state index in [-0.39, 0.29) is 11.8 Å². The number of unbranched alkanes of at least 4 members (excludes halogenated alkanes) is 1. The highest BCUT2D eigenvalue weighted by Gasteiger charge is 2.30. The van der Waals surface area contributed by atoms with Crippen molar-refractivity contribution in [3.8, 4) is 17.1 Å². The Balaban J connectivity index is 1.57. The Morgan fingerprint density at radius 1 is 1.25 bits per heavy atom. The van der Waals surface area contributed by atoms with Crippen molar-refractivity contribution in [1.29, 1.82) is 0 Å². The van der Waals surface area contributed by atoms with E-state index >= 15 is 0 Å². The number of hydrogen-bond donors (Lipinski definition) is 0. The molecule has 28 heavy (non-hydrogen) atoms. The highest BCUT2D eigenvalue weighted by atomic mass is 16.5. The quantitative estimate of drug-likeness (QED) is 0.661. The van der Waals surface area contributed by atoms with Crippen molar-refractivity contribution in [1.82, 2.24) is 15.0 Å². The first-order valence-corrected chi connectivity index (χ1v) is 10.4. The summed E-state index contributed by atoms with van der Waals surface area (Å²) in [5.41, 5.74) is 0.908. The van der Waals surface area contributed by atoms with Crippen molar-refractivity contribution < 1.29 is 14.1 Å². The molecule has 1 aliphatic heterocycles. The Morgan fingerprint density at radius 2 is 1.96 bits per heavy atom. The van der Waals surface area contributed by atoms with Crippen LogP contribution in [0.3, 0.4) is 0 Å². The first-order valence-electron chi connectivity index (χ1n) is 10.4. The van der Waals surface area contributed by atoms with Gasteiger partial charge in [-0.1, -0.05) is 31.8 Å². The normalized spacial score (nSPS) is 16.2. The van der Waals surface area contributed by atoms with Gasteiger partial charge in [-0.3, -0.25) is 4.79 Å². The molecule has 3 rings (SSSR count). The fraction of sp³-hybridized carbons (Fsp3) is 0.591. The Bertz CT molecular complexity index is 749. The van der Waals surface area contributed by atoms with Gasteiger partial charge in [0, 0.05) is 30.5 Å². The van der Waals surface area contributed by atoms with Gasteiger partial charge in [0.1, 0.15) is 5.75 Å². The Kier molecular flexibility index (Phi) is 7.06. The van der Waals surface area contributed by atoms with Crippen molar-refractivity contribution in [2.24, 2.45) is 5.92 Å². The van der Waals surface area contributed by atoms with Crippen LogP contribution in [0.15, 0.2) is 28.8 Å². The van der Waals surface area contributed by atoms with Crippen molar-refractivity contribution >= 4 is 5.91 Å². The minimum atomic E-state index is 0.168. The van der Waals surface area contributed by atoms with Gasteiger partial charge in [0.05, 0.1) is 7.11 Å². The summed E-state index contributed by atoms with van der Waals surface area (Å²) in [4.78, 5) is 19.4. The van der Waals surface area contributed by atoms with Crippen LogP contribution in [-0.2, 0) is 4.79 Å². The standard InChI is InChI=1S/C22H31N3O3/c1-4-6-7-16(5-2)22(26)25-14-12-18(13-15-25)21-23-20(24-28-21)17-8-10-19(27-3)11-9-17/h8-11,16,18H,4-7,12-15H2,1-3H3. The van der Waals surface area contributed by atoms with Crippen molar-refractivity contribution in [2.75, 3.05) is 20.2 Å². The fourth-order valence-electron chi connectivity index (χ4n) is 3.82. The van der Waals surface area contributed by atoms with Crippen LogP contribution in [0, 0.1) is 5.92 Å². The van der Waals surface area contributed by atoms with Crippen molar-refractivity contribution in [3.63, 3.8) is 0 Å². The summed E-state index contributed by atoms with van der Waals surface area (Å²) < 4.78 is 10.7. The highest BCUT2D eigenvalue weighted by Crippen LogP contribution is 2.30. The molecule has 1 aromatic heterocycles. The summed E-state index contributed by atoms with van der Waals surface area (Å²) >= 11 is 0. The van der Waals surface area contributed by atoms with Gasteiger partial charge in [-0.2, -0.15) is 4.98 Å². The van der Waals surface area contributed by atoms with Crippen LogP contribution in [0.2, 0.25) is 0 Å². The van der Waals surface area contributed by atoms with E-state index < -0.39 is 0 Å². The van der Waals surface area contributed by atoms with Crippen molar-refractivity contribution in [3.05, 3.63) is 30.2 Å². The lowest BCUT2D eigenvalue weighted by molar-refractivity contribution is -0.137. The van der Waals surface area contributed by atoms with Gasteiger partial charge in [-0.05, 0) is 49.9 Å². The number of methoxy groups -OCH3 is 1. The fourth-order valence-corrected chi connectivity index (χ4v) is 3.82. The lowest BCUT2D eigenvalue weighted by Crippen LogP contribution is -2.41. The SMILES string of the molecule is CCCCC(CC)C(=O)N1CCC(c2nc(-c3ccc(OC)cc3)no2)CC1. The maximum atomic E-state index is 12.8. The zero-order valence-corrected chi connectivity index (χ0v) is 17.2. The molecule has 152 valence electrons. The molecule has 1 unspecified atom stereocenters. The summed E-state index contributed by atoms with van der Waals surface area (Å²) in [6.07, 6.45) is 5.94. The topological polar surface area (TPSA) is 68.5 Å². The lowest BCUT2D eigenvalue weighted by Gasteiger charge is -2.33. The molecular formula is C22H31N3O3. The lowest BCUT2D eigenvalue weighted by atomic mass is 9.93. The predicted octanol–water partition coefficient (Wildman–Crippen LogP) is 4.67. The van der Waals surface area contributed by atoms with Crippen LogP contribution in [0.1, 0.15) is 64.2 Å². The van der Waals surface area contributed by atoms with Gasteiger partial charge in [-0.15, -0.1) is 0 Å². The third-order valence-electron chi connectivity index (χ3n) is 5.69. The zero-order chi connectivity index (χ0) is 19.9. The number of nitrogens with zero attached hydrogens (tertiary/aromatic N) is 3. The number of ether oxygens (including phenoxy) is 1. The van der Waals surface area contributed by atoms with Crippen LogP contribution in [0.5, 0.6) is 5.75 Å². The van der Waals surface area contributed by atoms with Gasteiger partial charge in [-0.25, -0.2) is 0 Å². The van der Waals surface area contributed by atoms with Gasteiger partial charge < -0.3 is 14.2 Å². The largest absolute Gasteiger partial charge is 0.497 e. The minimum absolute atomic E-state index is 0.168. The molecule has 1 fully saturated rings. The number of aromatic nitrogens is 2. The van der Waals surface area contributed by atoms with Crippen LogP contribution in [-0.4, -0.2) is 41.1 Å². The Labute approximate surface area is 167 Å². The summed E-state index contributed by atoms with van der Waals surface area (Å²) in [5.74, 6) is 2.78. The Hall–Kier alpha value is -2.37. The zero-order valence-electron chi connectivity index (χ0n) is 17.2. The molecule has 1 atom stereocenters. The van der Waals surface area contributed by atoms with E-state index in [1.165, 1.54) is 0 Å². The maximum absolute atomic E-state index is 12.8. The first-order chi connectivity index (χ1) is 13.7. The summed E-state index contributed by atoms with van der Waals surface area (Å²) in [5, 5.41) is 4.14. The molecule has 1 saturated heterocycles. The molecule has 0 spiro atoms. The first kappa shape index (κ1) is 20.4. The number of benzene rings is 1. The van der Waals surface area contributed by atoms with E-state index in [0.717, 1.165) is 62.9 Å². The highest BCUT2D eigenvalue weighted by molar-refractivity contribution is 5.78. The molecule has 1 aromatic carbocycles. The molecule has 1 amide bonds. The van der Waals surface area contributed by atoms with E-state index in [4.69, 9.17) is 9.26 Å². The molecule has 6 nitrogen and oxygen atoms in total. The Morgan fingerprint density at radius 3 is 2.57 bits per heavy atom. The number of carbonyl (C=O) groups is 1. The summed E-state index contributed by atoms with van der Waals surface area (Å²) in [7, 11) is 1.64. The van der Waals surface area contributed by atoms with Gasteiger partial charge in [0.15, 0.2) is 0 Å². The van der Waals surface area contributed by atoms with Crippen LogP contribution >= 0.6 is 0 Å². The predicted molar refractivity (Wildman–Crippen MR) is 108 cm³/mol. The van der Waals surface area contributed by atoms with E-state index in [2.05, 4.69) is 24.0 Å². The van der Waals surface area contributed by atoms with Crippen LogP contribution in [0.4, 0.5) is 0 Å². The summed E-state index contributed by atoms with van der Waals surface area (Å²) in [6.45, 7) is 5.83. The average molecular weight is 386 g/mol. The molecule has 0 radical (unpaired) electrons. The van der Waals surface area contributed by atoms with Crippen LogP contribution < -0.4 is 4.74 Å². The molecule has 0 bridgehead atoms. The maximum Gasteiger partial charge on any atom is 0.230 e. The molecule has 6 heteroatoms. The van der Waals surface area contributed by atoms with Gasteiger partial charge >= 0.3 is 0 Å². The minimum Gasteiger partial charge on any atom is -0.497 e. The van der Waals surface area contributed by atoms with Gasteiger partial charge in [0.2, 0.25) is 17.6 Å². The molecule has 0 N–H and O–H groups in total. The van der Waals surface area contributed by atoms with E-state index in [1.54, 1.807) is 7.11 Å². The molecule has 2 heterocycles. The number of piperidine rings is 1. The number of likely N-dealkylation sites (tertiary alicyclic amines) is 1. The third-order valence-corrected chi connectivity index (χ3v) is 5.69. The average Bonchev–Trinajstić information content (AvgIpc) is 3.24. The van der Waals surface area contributed by atoms with E-state index in [0.29, 0.717) is 17.6 Å². The van der Waals surface area contributed by atoms with E-state index in [9.17, 15) is 4.79 Å². The van der Waals surface area contributed by atoms with Crippen molar-refractivity contribution in [2.45, 2.75) is 58.3 Å².